The molecule has 126 valence electrons. The average Bonchev–Trinajstić information content (AvgIpc) is 2.53. The molecule has 0 aliphatic heterocycles. The highest BCUT2D eigenvalue weighted by molar-refractivity contribution is 6.17. The highest BCUT2D eigenvalue weighted by atomic mass is 16.3. The van der Waals surface area contributed by atoms with Crippen molar-refractivity contribution in [3.63, 3.8) is 0 Å². The molecule has 5 nitrogen and oxygen atoms in total. The number of unbranched alkanes of at least 4 members (excludes halogenated alkanes) is 5. The van der Waals surface area contributed by atoms with Crippen LogP contribution in [0.15, 0.2) is 6.07 Å². The van der Waals surface area contributed by atoms with E-state index in [4.69, 9.17) is 0 Å². The van der Waals surface area contributed by atoms with E-state index in [2.05, 4.69) is 12.2 Å². The van der Waals surface area contributed by atoms with Gasteiger partial charge in [0.15, 0.2) is 11.6 Å². The van der Waals surface area contributed by atoms with Crippen LogP contribution in [-0.2, 0) is 0 Å². The van der Waals surface area contributed by atoms with Crippen LogP contribution in [-0.4, -0.2) is 28.3 Å². The van der Waals surface area contributed by atoms with Crippen LogP contribution >= 0.6 is 0 Å². The fourth-order valence-electron chi connectivity index (χ4n) is 2.95. The molecular formula is C18H25NO4. The van der Waals surface area contributed by atoms with Crippen molar-refractivity contribution >= 4 is 17.3 Å². The van der Waals surface area contributed by atoms with Crippen LogP contribution in [0, 0.1) is 0 Å². The minimum atomic E-state index is -0.296. The molecule has 2 rings (SSSR count). The number of fused-ring (bicyclic) bond motifs is 1. The molecule has 1 aromatic rings. The Morgan fingerprint density at radius 3 is 2.26 bits per heavy atom. The molecule has 0 amide bonds. The quantitative estimate of drug-likeness (QED) is 0.382. The van der Waals surface area contributed by atoms with Gasteiger partial charge in [-0.3, -0.25) is 9.59 Å². The van der Waals surface area contributed by atoms with Gasteiger partial charge in [0.2, 0.25) is 0 Å². The molecule has 0 unspecified atom stereocenters. The van der Waals surface area contributed by atoms with E-state index in [9.17, 15) is 19.8 Å². The zero-order chi connectivity index (χ0) is 16.8. The number of phenolic OH excluding ortho intramolecular Hbond substituents is 2. The van der Waals surface area contributed by atoms with Crippen molar-refractivity contribution in [2.75, 3.05) is 11.9 Å². The molecule has 0 aromatic heterocycles. The second kappa shape index (κ2) is 7.99. The molecular weight excluding hydrogens is 294 g/mol. The van der Waals surface area contributed by atoms with Gasteiger partial charge in [-0.25, -0.2) is 0 Å². The zero-order valence-electron chi connectivity index (χ0n) is 13.7. The maximum Gasteiger partial charge on any atom is 0.168 e. The van der Waals surface area contributed by atoms with Gasteiger partial charge in [-0.15, -0.1) is 0 Å². The summed E-state index contributed by atoms with van der Waals surface area (Å²) in [4.78, 5) is 23.8. The number of benzene rings is 1. The van der Waals surface area contributed by atoms with Crippen LogP contribution in [0.3, 0.4) is 0 Å². The average molecular weight is 319 g/mol. The van der Waals surface area contributed by atoms with E-state index in [1.54, 1.807) is 0 Å². The van der Waals surface area contributed by atoms with Crippen molar-refractivity contribution in [1.29, 1.82) is 0 Å². The van der Waals surface area contributed by atoms with E-state index >= 15 is 0 Å². The van der Waals surface area contributed by atoms with Gasteiger partial charge in [-0.1, -0.05) is 39.0 Å². The van der Waals surface area contributed by atoms with Crippen LogP contribution in [0.5, 0.6) is 11.5 Å². The van der Waals surface area contributed by atoms with Crippen molar-refractivity contribution in [3.8, 4) is 11.5 Å². The minimum absolute atomic E-state index is 0.0355. The Bertz CT molecular complexity index is 595. The lowest BCUT2D eigenvalue weighted by Crippen LogP contribution is -2.18. The van der Waals surface area contributed by atoms with E-state index in [1.807, 2.05) is 0 Å². The molecule has 5 heteroatoms. The number of hydrogen-bond acceptors (Lipinski definition) is 5. The Labute approximate surface area is 136 Å². The summed E-state index contributed by atoms with van der Waals surface area (Å²) in [6, 6.07) is 1.34. The molecule has 0 saturated carbocycles. The third-order valence-electron chi connectivity index (χ3n) is 4.26. The zero-order valence-corrected chi connectivity index (χ0v) is 13.7. The number of hydrogen-bond donors (Lipinski definition) is 3. The number of carbonyl (C=O) groups is 2. The first-order valence-electron chi connectivity index (χ1n) is 8.45. The number of anilines is 1. The van der Waals surface area contributed by atoms with Crippen molar-refractivity contribution < 1.29 is 19.8 Å². The van der Waals surface area contributed by atoms with Gasteiger partial charge in [0.25, 0.3) is 0 Å². The summed E-state index contributed by atoms with van der Waals surface area (Å²) in [6.45, 7) is 2.83. The van der Waals surface area contributed by atoms with Gasteiger partial charge in [0.1, 0.15) is 11.5 Å². The third-order valence-corrected chi connectivity index (χ3v) is 4.26. The van der Waals surface area contributed by atoms with Gasteiger partial charge in [0, 0.05) is 25.5 Å². The van der Waals surface area contributed by atoms with Gasteiger partial charge < -0.3 is 15.5 Å². The third kappa shape index (κ3) is 4.03. The summed E-state index contributed by atoms with van der Waals surface area (Å²) < 4.78 is 0. The number of rotatable bonds is 8. The lowest BCUT2D eigenvalue weighted by Gasteiger charge is -2.19. The molecule has 0 spiro atoms. The molecule has 1 aliphatic rings. The molecule has 0 bridgehead atoms. The summed E-state index contributed by atoms with van der Waals surface area (Å²) in [5, 5.41) is 23.4. The van der Waals surface area contributed by atoms with Crippen molar-refractivity contribution in [1.82, 2.24) is 0 Å². The lowest BCUT2D eigenvalue weighted by atomic mass is 9.87. The number of ketones is 2. The summed E-state index contributed by atoms with van der Waals surface area (Å²) in [5.41, 5.74) is 0.244. The number of nitrogens with one attached hydrogen (secondary N) is 1. The number of aromatic hydroxyl groups is 2. The van der Waals surface area contributed by atoms with E-state index in [0.29, 0.717) is 12.2 Å². The number of carbonyl (C=O) groups excluding carboxylic acids is 2. The Morgan fingerprint density at radius 1 is 0.957 bits per heavy atom. The fraction of sp³-hybridized carbons (Fsp3) is 0.556. The summed E-state index contributed by atoms with van der Waals surface area (Å²) in [5.74, 6) is -1.05. The van der Waals surface area contributed by atoms with E-state index in [0.717, 1.165) is 12.8 Å². The summed E-state index contributed by atoms with van der Waals surface area (Å²) in [6.07, 6.45) is 7.11. The first-order chi connectivity index (χ1) is 11.1. The summed E-state index contributed by atoms with van der Waals surface area (Å²) >= 11 is 0. The fourth-order valence-corrected chi connectivity index (χ4v) is 2.95. The van der Waals surface area contributed by atoms with E-state index in [-0.39, 0.29) is 47.0 Å². The van der Waals surface area contributed by atoms with Crippen LogP contribution in [0.1, 0.15) is 79.0 Å². The summed E-state index contributed by atoms with van der Waals surface area (Å²) in [7, 11) is 0. The topological polar surface area (TPSA) is 86.6 Å². The Balaban J connectivity index is 2.01. The van der Waals surface area contributed by atoms with Crippen LogP contribution in [0.4, 0.5) is 5.69 Å². The molecule has 0 atom stereocenters. The normalized spacial score (nSPS) is 14.0. The number of phenols is 2. The largest absolute Gasteiger partial charge is 0.507 e. The predicted molar refractivity (Wildman–Crippen MR) is 89.5 cm³/mol. The van der Waals surface area contributed by atoms with Crippen molar-refractivity contribution in [2.45, 2.75) is 58.3 Å². The Kier molecular flexibility index (Phi) is 6.02. The standard InChI is InChI=1S/C18H25NO4/c1-2-3-4-5-6-7-10-19-12-11-15(22)16-13(20)8-9-14(21)17(16)18(12)23/h11,19,22-23H,2-10H2,1H3. The second-order valence-corrected chi connectivity index (χ2v) is 6.08. The molecule has 23 heavy (non-hydrogen) atoms. The van der Waals surface area contributed by atoms with Gasteiger partial charge in [-0.05, 0) is 6.42 Å². The number of Topliss-reactive ketones (excluding diaryl/α,β-unsaturated/α-hetero) is 2. The van der Waals surface area contributed by atoms with Crippen molar-refractivity contribution in [2.24, 2.45) is 0 Å². The Morgan fingerprint density at radius 2 is 1.57 bits per heavy atom. The Hall–Kier alpha value is -2.04. The molecule has 3 N–H and O–H groups in total. The monoisotopic (exact) mass is 319 g/mol. The smallest absolute Gasteiger partial charge is 0.168 e. The van der Waals surface area contributed by atoms with Crippen LogP contribution < -0.4 is 5.32 Å². The molecule has 1 aromatic carbocycles. The molecule has 0 saturated heterocycles. The maximum atomic E-state index is 12.0. The molecule has 0 heterocycles. The maximum absolute atomic E-state index is 12.0. The van der Waals surface area contributed by atoms with E-state index < -0.39 is 0 Å². The van der Waals surface area contributed by atoms with Gasteiger partial charge in [-0.2, -0.15) is 0 Å². The highest BCUT2D eigenvalue weighted by Gasteiger charge is 2.31. The van der Waals surface area contributed by atoms with Crippen LogP contribution in [0.25, 0.3) is 0 Å². The van der Waals surface area contributed by atoms with Crippen LogP contribution in [0.2, 0.25) is 0 Å². The second-order valence-electron chi connectivity index (χ2n) is 6.08. The first-order valence-corrected chi connectivity index (χ1v) is 8.45. The van der Waals surface area contributed by atoms with Gasteiger partial charge >= 0.3 is 0 Å². The predicted octanol–water partition coefficient (Wildman–Crippen LogP) is 4.03. The SMILES string of the molecule is CCCCCCCCNc1cc(O)c2c(c1O)C(=O)CCC2=O. The molecule has 1 aliphatic carbocycles. The van der Waals surface area contributed by atoms with Gasteiger partial charge in [0.05, 0.1) is 16.8 Å². The molecule has 0 radical (unpaired) electrons. The highest BCUT2D eigenvalue weighted by Crippen LogP contribution is 2.40. The lowest BCUT2D eigenvalue weighted by molar-refractivity contribution is 0.0885. The molecule has 0 fully saturated rings. The first kappa shape index (κ1) is 17.3. The van der Waals surface area contributed by atoms with Crippen molar-refractivity contribution in [3.05, 3.63) is 17.2 Å². The minimum Gasteiger partial charge on any atom is -0.507 e. The van der Waals surface area contributed by atoms with E-state index in [1.165, 1.54) is 31.7 Å².